The first-order valence-corrected chi connectivity index (χ1v) is 8.61. The molecule has 0 aliphatic carbocycles. The monoisotopic (exact) mass is 391 g/mol. The summed E-state index contributed by atoms with van der Waals surface area (Å²) in [6, 6.07) is 7.20. The van der Waals surface area contributed by atoms with Gasteiger partial charge in [-0.2, -0.15) is 0 Å². The lowest BCUT2D eigenvalue weighted by atomic mass is 10.2. The van der Waals surface area contributed by atoms with Gasteiger partial charge in [0.2, 0.25) is 0 Å². The number of aryl methyl sites for hydroxylation is 2. The molecule has 7 heteroatoms. The fourth-order valence-corrected chi connectivity index (χ4v) is 4.34. The fraction of sp³-hybridized carbons (Fsp3) is 0.143. The van der Waals surface area contributed by atoms with Crippen molar-refractivity contribution in [3.8, 4) is 0 Å². The minimum Gasteiger partial charge on any atom is -0.277 e. The molecule has 2 aromatic carbocycles. The fourth-order valence-electron chi connectivity index (χ4n) is 1.93. The molecule has 0 aliphatic heterocycles. The van der Waals surface area contributed by atoms with E-state index >= 15 is 0 Å². The molecule has 0 unspecified atom stereocenters. The number of nitrogens with one attached hydrogen (secondary N) is 1. The Morgan fingerprint density at radius 2 is 1.86 bits per heavy atom. The van der Waals surface area contributed by atoms with Gasteiger partial charge in [-0.1, -0.05) is 29.3 Å². The van der Waals surface area contributed by atoms with Crippen LogP contribution in [0, 0.1) is 19.7 Å². The molecule has 0 aliphatic rings. The summed E-state index contributed by atoms with van der Waals surface area (Å²) in [6.45, 7) is 3.59. The van der Waals surface area contributed by atoms with Crippen LogP contribution in [0.2, 0.25) is 5.02 Å². The van der Waals surface area contributed by atoms with Gasteiger partial charge in [0.1, 0.15) is 5.82 Å². The predicted molar refractivity (Wildman–Crippen MR) is 85.8 cm³/mol. The third-order valence-electron chi connectivity index (χ3n) is 2.86. The van der Waals surface area contributed by atoms with Crippen LogP contribution in [-0.4, -0.2) is 8.42 Å². The topological polar surface area (TPSA) is 46.2 Å². The maximum atomic E-state index is 13.2. The molecule has 0 aromatic heterocycles. The summed E-state index contributed by atoms with van der Waals surface area (Å²) in [4.78, 5) is 0.153. The Morgan fingerprint density at radius 3 is 2.43 bits per heavy atom. The van der Waals surface area contributed by atoms with Crippen molar-refractivity contribution in [2.24, 2.45) is 0 Å². The standard InChI is InChI=1S/C14H12BrClFNO2S/c1-8-3-4-13(9(2)5-8)21(19,20)18-14-11(15)6-10(17)7-12(14)16/h3-7,18H,1-2H3. The third kappa shape index (κ3) is 3.56. The van der Waals surface area contributed by atoms with E-state index in [0.717, 1.165) is 17.7 Å². The van der Waals surface area contributed by atoms with Crippen LogP contribution in [0.4, 0.5) is 10.1 Å². The highest BCUT2D eigenvalue weighted by atomic mass is 79.9. The normalized spacial score (nSPS) is 11.5. The van der Waals surface area contributed by atoms with Crippen molar-refractivity contribution in [2.45, 2.75) is 18.7 Å². The zero-order valence-electron chi connectivity index (χ0n) is 11.2. The minimum absolute atomic E-state index is 0.0183. The first kappa shape index (κ1) is 16.3. The van der Waals surface area contributed by atoms with Crippen LogP contribution in [0.5, 0.6) is 0 Å². The summed E-state index contributed by atoms with van der Waals surface area (Å²) in [5.74, 6) is -0.554. The molecule has 21 heavy (non-hydrogen) atoms. The maximum Gasteiger partial charge on any atom is 0.262 e. The summed E-state index contributed by atoms with van der Waals surface area (Å²) in [5.41, 5.74) is 1.70. The number of halogens is 3. The first-order valence-electron chi connectivity index (χ1n) is 5.95. The van der Waals surface area contributed by atoms with Crippen molar-refractivity contribution >= 4 is 43.2 Å². The molecule has 0 spiro atoms. The SMILES string of the molecule is Cc1ccc(S(=O)(=O)Nc2c(Cl)cc(F)cc2Br)c(C)c1. The van der Waals surface area contributed by atoms with E-state index in [1.165, 1.54) is 6.07 Å². The van der Waals surface area contributed by atoms with Gasteiger partial charge in [-0.3, -0.25) is 4.72 Å². The molecule has 0 bridgehead atoms. The van der Waals surface area contributed by atoms with Crippen LogP contribution in [0.1, 0.15) is 11.1 Å². The largest absolute Gasteiger partial charge is 0.277 e. The highest BCUT2D eigenvalue weighted by Crippen LogP contribution is 2.33. The van der Waals surface area contributed by atoms with Crippen LogP contribution in [0.3, 0.4) is 0 Å². The molecular formula is C14H12BrClFNO2S. The molecule has 0 saturated carbocycles. The number of rotatable bonds is 3. The van der Waals surface area contributed by atoms with Crippen molar-refractivity contribution in [3.63, 3.8) is 0 Å². The van der Waals surface area contributed by atoms with Crippen molar-refractivity contribution < 1.29 is 12.8 Å². The molecule has 0 heterocycles. The van der Waals surface area contributed by atoms with Gasteiger partial charge < -0.3 is 0 Å². The summed E-state index contributed by atoms with van der Waals surface area (Å²) in [6.07, 6.45) is 0. The second-order valence-electron chi connectivity index (χ2n) is 4.62. The number of benzene rings is 2. The van der Waals surface area contributed by atoms with E-state index in [1.807, 2.05) is 6.92 Å². The number of anilines is 1. The van der Waals surface area contributed by atoms with Gasteiger partial charge in [0.05, 0.1) is 15.6 Å². The Labute approximate surface area is 136 Å². The Balaban J connectivity index is 2.47. The first-order chi connectivity index (χ1) is 9.70. The lowest BCUT2D eigenvalue weighted by molar-refractivity contribution is 0.600. The quantitative estimate of drug-likeness (QED) is 0.826. The van der Waals surface area contributed by atoms with Crippen molar-refractivity contribution in [2.75, 3.05) is 4.72 Å². The molecule has 2 rings (SSSR count). The highest BCUT2D eigenvalue weighted by Gasteiger charge is 2.20. The number of hydrogen-bond donors (Lipinski definition) is 1. The van der Waals surface area contributed by atoms with Gasteiger partial charge in [-0.25, -0.2) is 12.8 Å². The van der Waals surface area contributed by atoms with E-state index in [0.29, 0.717) is 5.56 Å². The molecule has 0 radical (unpaired) electrons. The minimum atomic E-state index is -3.81. The van der Waals surface area contributed by atoms with Crippen LogP contribution < -0.4 is 4.72 Å². The van der Waals surface area contributed by atoms with Crippen LogP contribution >= 0.6 is 27.5 Å². The van der Waals surface area contributed by atoms with E-state index in [1.54, 1.807) is 19.1 Å². The predicted octanol–water partition coefficient (Wildman–Crippen LogP) is 4.66. The molecule has 3 nitrogen and oxygen atoms in total. The third-order valence-corrected chi connectivity index (χ3v) is 5.30. The highest BCUT2D eigenvalue weighted by molar-refractivity contribution is 9.10. The smallest absolute Gasteiger partial charge is 0.262 e. The van der Waals surface area contributed by atoms with Gasteiger partial charge in [-0.15, -0.1) is 0 Å². The maximum absolute atomic E-state index is 13.2. The molecular weight excluding hydrogens is 381 g/mol. The number of sulfonamides is 1. The molecule has 0 fully saturated rings. The van der Waals surface area contributed by atoms with Crippen molar-refractivity contribution in [1.82, 2.24) is 0 Å². The zero-order chi connectivity index (χ0) is 15.8. The summed E-state index contributed by atoms with van der Waals surface area (Å²) < 4.78 is 40.7. The van der Waals surface area contributed by atoms with Crippen molar-refractivity contribution in [1.29, 1.82) is 0 Å². The Morgan fingerprint density at radius 1 is 1.19 bits per heavy atom. The average Bonchev–Trinajstić information content (AvgIpc) is 2.33. The molecule has 1 N–H and O–H groups in total. The molecule has 2 aromatic rings. The van der Waals surface area contributed by atoms with E-state index in [4.69, 9.17) is 11.6 Å². The van der Waals surface area contributed by atoms with Crippen LogP contribution in [-0.2, 0) is 10.0 Å². The zero-order valence-corrected chi connectivity index (χ0v) is 14.4. The second-order valence-corrected chi connectivity index (χ2v) is 7.53. The molecule has 0 amide bonds. The number of hydrogen-bond acceptors (Lipinski definition) is 2. The molecule has 0 saturated heterocycles. The van der Waals surface area contributed by atoms with E-state index < -0.39 is 15.8 Å². The van der Waals surface area contributed by atoms with Crippen molar-refractivity contribution in [3.05, 3.63) is 56.8 Å². The Bertz CT molecular complexity index is 786. The lowest BCUT2D eigenvalue weighted by Gasteiger charge is -2.13. The van der Waals surface area contributed by atoms with E-state index in [2.05, 4.69) is 20.7 Å². The van der Waals surface area contributed by atoms with Gasteiger partial charge in [0.25, 0.3) is 10.0 Å². The molecule has 112 valence electrons. The van der Waals surface area contributed by atoms with Gasteiger partial charge in [-0.05, 0) is 53.5 Å². The molecule has 0 atom stereocenters. The van der Waals surface area contributed by atoms with Gasteiger partial charge >= 0.3 is 0 Å². The second kappa shape index (κ2) is 5.94. The summed E-state index contributed by atoms with van der Waals surface area (Å²) >= 11 is 9.00. The summed E-state index contributed by atoms with van der Waals surface area (Å²) in [7, 11) is -3.81. The summed E-state index contributed by atoms with van der Waals surface area (Å²) in [5, 5.41) is -0.0183. The Hall–Kier alpha value is -1.11. The lowest BCUT2D eigenvalue weighted by Crippen LogP contribution is -2.15. The van der Waals surface area contributed by atoms with Gasteiger partial charge in [0, 0.05) is 4.47 Å². The van der Waals surface area contributed by atoms with Crippen LogP contribution in [0.15, 0.2) is 39.7 Å². The Kier molecular flexibility index (Phi) is 4.60. The van der Waals surface area contributed by atoms with Crippen LogP contribution in [0.25, 0.3) is 0 Å². The van der Waals surface area contributed by atoms with E-state index in [9.17, 15) is 12.8 Å². The average molecular weight is 393 g/mol. The van der Waals surface area contributed by atoms with Gasteiger partial charge in [0.15, 0.2) is 0 Å². The van der Waals surface area contributed by atoms with E-state index in [-0.39, 0.29) is 20.1 Å².